The van der Waals surface area contributed by atoms with Crippen molar-refractivity contribution in [2.45, 2.75) is 31.3 Å². The van der Waals surface area contributed by atoms with Crippen molar-refractivity contribution < 1.29 is 0 Å². The van der Waals surface area contributed by atoms with Crippen LogP contribution < -0.4 is 9.80 Å². The minimum Gasteiger partial charge on any atom is -0.332 e. The summed E-state index contributed by atoms with van der Waals surface area (Å²) in [5.74, 6) is 0. The Bertz CT molecular complexity index is 1780. The predicted octanol–water partition coefficient (Wildman–Crippen LogP) is 9.66. The molecule has 0 saturated heterocycles. The first-order valence-corrected chi connectivity index (χ1v) is 14.4. The number of para-hydroxylation sites is 2. The molecule has 0 N–H and O–H groups in total. The van der Waals surface area contributed by atoms with E-state index in [1.54, 1.807) is 0 Å². The van der Waals surface area contributed by atoms with Gasteiger partial charge >= 0.3 is 0 Å². The number of rotatable bonds is 4. The fraction of sp³-hybridized carbons (Fsp3) is 0.132. The summed E-state index contributed by atoms with van der Waals surface area (Å²) in [7, 11) is 0. The molecule has 2 heterocycles. The van der Waals surface area contributed by atoms with E-state index in [1.165, 1.54) is 39.2 Å². The lowest BCUT2D eigenvalue weighted by Crippen LogP contribution is -2.28. The largest absolute Gasteiger partial charge is 0.332 e. The van der Waals surface area contributed by atoms with Gasteiger partial charge in [-0.05, 0) is 89.0 Å². The predicted molar refractivity (Wildman–Crippen MR) is 171 cm³/mol. The number of benzene rings is 5. The Balaban J connectivity index is 1.24. The van der Waals surface area contributed by atoms with E-state index in [4.69, 9.17) is 4.99 Å². The third-order valence-electron chi connectivity index (χ3n) is 8.99. The third-order valence-corrected chi connectivity index (χ3v) is 8.99. The van der Waals surface area contributed by atoms with Gasteiger partial charge in [0.1, 0.15) is 6.04 Å². The van der Waals surface area contributed by atoms with Gasteiger partial charge in [0.15, 0.2) is 0 Å². The average molecular weight is 530 g/mol. The monoisotopic (exact) mass is 529 g/mol. The molecule has 41 heavy (non-hydrogen) atoms. The fourth-order valence-corrected chi connectivity index (χ4v) is 7.02. The molecule has 5 aromatic carbocycles. The Kier molecular flexibility index (Phi) is 5.30. The summed E-state index contributed by atoms with van der Waals surface area (Å²) >= 11 is 0. The van der Waals surface area contributed by atoms with Crippen LogP contribution >= 0.6 is 0 Å². The Morgan fingerprint density at radius 1 is 0.659 bits per heavy atom. The average Bonchev–Trinajstić information content (AvgIpc) is 3.46. The summed E-state index contributed by atoms with van der Waals surface area (Å²) in [6.45, 7) is 4.70. The van der Waals surface area contributed by atoms with Gasteiger partial charge in [-0.25, -0.2) is 0 Å². The van der Waals surface area contributed by atoms with E-state index < -0.39 is 0 Å². The van der Waals surface area contributed by atoms with Crippen LogP contribution in [0.3, 0.4) is 0 Å². The van der Waals surface area contributed by atoms with Gasteiger partial charge in [0.25, 0.3) is 0 Å². The van der Waals surface area contributed by atoms with Crippen LogP contribution in [0.1, 0.15) is 36.6 Å². The molecule has 198 valence electrons. The normalized spacial score (nSPS) is 18.9. The second-order valence-corrected chi connectivity index (χ2v) is 11.6. The van der Waals surface area contributed by atoms with Crippen LogP contribution in [0.2, 0.25) is 0 Å². The van der Waals surface area contributed by atoms with Crippen molar-refractivity contribution in [3.8, 4) is 11.1 Å². The number of aliphatic imine (C=N–C) groups is 1. The lowest BCUT2D eigenvalue weighted by Gasteiger charge is -2.30. The summed E-state index contributed by atoms with van der Waals surface area (Å²) < 4.78 is 0. The molecule has 5 aromatic rings. The van der Waals surface area contributed by atoms with E-state index in [1.807, 2.05) is 6.21 Å². The second-order valence-electron chi connectivity index (χ2n) is 11.6. The molecule has 2 aliphatic heterocycles. The van der Waals surface area contributed by atoms with Crippen LogP contribution in [-0.2, 0) is 5.41 Å². The summed E-state index contributed by atoms with van der Waals surface area (Å²) in [5, 5.41) is 0. The Morgan fingerprint density at radius 2 is 1.29 bits per heavy atom. The third kappa shape index (κ3) is 3.62. The summed E-state index contributed by atoms with van der Waals surface area (Å²) in [6, 6.07) is 44.1. The minimum absolute atomic E-state index is 0.0297. The van der Waals surface area contributed by atoms with Crippen molar-refractivity contribution in [1.29, 1.82) is 0 Å². The van der Waals surface area contributed by atoms with Gasteiger partial charge in [0.05, 0.1) is 6.04 Å². The molecule has 0 saturated carbocycles. The van der Waals surface area contributed by atoms with Crippen molar-refractivity contribution in [2.24, 2.45) is 4.99 Å². The van der Waals surface area contributed by atoms with Crippen LogP contribution in [0, 0.1) is 0 Å². The van der Waals surface area contributed by atoms with Crippen molar-refractivity contribution >= 4 is 34.7 Å². The van der Waals surface area contributed by atoms with E-state index in [0.717, 1.165) is 17.1 Å². The van der Waals surface area contributed by atoms with E-state index >= 15 is 0 Å². The number of dihydropyridines is 1. The second kappa shape index (κ2) is 9.07. The topological polar surface area (TPSA) is 18.8 Å². The first-order chi connectivity index (χ1) is 20.1. The smallest absolute Gasteiger partial charge is 0.101 e. The molecule has 1 aliphatic carbocycles. The Labute approximate surface area is 241 Å². The molecule has 0 fully saturated rings. The molecule has 2 atom stereocenters. The first kappa shape index (κ1) is 24.0. The van der Waals surface area contributed by atoms with Crippen LogP contribution in [0.25, 0.3) is 11.1 Å². The number of nitrogens with zero attached hydrogens (tertiary/aromatic N) is 3. The Hall–Kier alpha value is -4.89. The maximum Gasteiger partial charge on any atom is 0.101 e. The van der Waals surface area contributed by atoms with Crippen LogP contribution in [0.5, 0.6) is 0 Å². The SMILES string of the molecule is CC1(C)c2ccccc2-c2cc3c(cc21)C1N=CC=CC1N3c1ccc(N(c2ccccc2)c2ccccc2)cc1. The quantitative estimate of drug-likeness (QED) is 0.231. The highest BCUT2D eigenvalue weighted by Crippen LogP contribution is 2.55. The zero-order chi connectivity index (χ0) is 27.6. The molecule has 0 amide bonds. The van der Waals surface area contributed by atoms with Crippen LogP contribution in [-0.4, -0.2) is 12.3 Å². The van der Waals surface area contributed by atoms with Crippen molar-refractivity contribution in [1.82, 2.24) is 0 Å². The van der Waals surface area contributed by atoms with Crippen LogP contribution in [0.15, 0.2) is 138 Å². The van der Waals surface area contributed by atoms with E-state index in [9.17, 15) is 0 Å². The van der Waals surface area contributed by atoms with E-state index in [2.05, 4.69) is 157 Å². The highest BCUT2D eigenvalue weighted by molar-refractivity contribution is 5.89. The summed E-state index contributed by atoms with van der Waals surface area (Å²) in [4.78, 5) is 9.79. The zero-order valence-electron chi connectivity index (χ0n) is 23.3. The molecule has 0 spiro atoms. The molecule has 0 bridgehead atoms. The lowest BCUT2D eigenvalue weighted by atomic mass is 9.81. The number of allylic oxidation sites excluding steroid dienone is 1. The molecule has 0 aromatic heterocycles. The highest BCUT2D eigenvalue weighted by atomic mass is 15.2. The van der Waals surface area contributed by atoms with E-state index in [-0.39, 0.29) is 17.5 Å². The minimum atomic E-state index is -0.0297. The number of anilines is 5. The van der Waals surface area contributed by atoms with Crippen molar-refractivity contribution in [2.75, 3.05) is 9.80 Å². The lowest BCUT2D eigenvalue weighted by molar-refractivity contribution is 0.649. The van der Waals surface area contributed by atoms with E-state index in [0.29, 0.717) is 0 Å². The van der Waals surface area contributed by atoms with Gasteiger partial charge < -0.3 is 9.80 Å². The van der Waals surface area contributed by atoms with Gasteiger partial charge in [-0.2, -0.15) is 0 Å². The van der Waals surface area contributed by atoms with Gasteiger partial charge in [0.2, 0.25) is 0 Å². The number of hydrogen-bond acceptors (Lipinski definition) is 3. The molecule has 2 unspecified atom stereocenters. The van der Waals surface area contributed by atoms with Gasteiger partial charge in [0, 0.05) is 45.6 Å². The van der Waals surface area contributed by atoms with Gasteiger partial charge in [-0.1, -0.05) is 80.6 Å². The molecular weight excluding hydrogens is 498 g/mol. The summed E-state index contributed by atoms with van der Waals surface area (Å²) in [6.07, 6.45) is 6.35. The van der Waals surface area contributed by atoms with Crippen molar-refractivity contribution in [3.63, 3.8) is 0 Å². The number of fused-ring (bicyclic) bond motifs is 6. The molecule has 3 heteroatoms. The summed E-state index contributed by atoms with van der Waals surface area (Å²) in [5.41, 5.74) is 12.6. The van der Waals surface area contributed by atoms with Gasteiger partial charge in [-0.3, -0.25) is 4.99 Å². The molecule has 3 nitrogen and oxygen atoms in total. The molecule has 8 rings (SSSR count). The highest BCUT2D eigenvalue weighted by Gasteiger charge is 2.43. The number of hydrogen-bond donors (Lipinski definition) is 0. The maximum absolute atomic E-state index is 4.99. The standard InChI is InChI=1S/C38H31N3/c1-38(2)33-17-10-9-16-30(33)31-25-36-32(24-34(31)38)37-35(18-11-23-39-37)41(36)29-21-19-28(20-22-29)40(26-12-5-3-6-13-26)27-14-7-4-8-15-27/h3-25,35,37H,1-2H3. The maximum atomic E-state index is 4.99. The molecule has 0 radical (unpaired) electrons. The zero-order valence-corrected chi connectivity index (χ0v) is 23.3. The van der Waals surface area contributed by atoms with Crippen LogP contribution in [0.4, 0.5) is 28.4 Å². The van der Waals surface area contributed by atoms with Gasteiger partial charge in [-0.15, -0.1) is 0 Å². The Morgan fingerprint density at radius 3 is 2.00 bits per heavy atom. The molecule has 3 aliphatic rings. The van der Waals surface area contributed by atoms with Crippen molar-refractivity contribution in [3.05, 3.63) is 150 Å². The fourth-order valence-electron chi connectivity index (χ4n) is 7.02. The first-order valence-electron chi connectivity index (χ1n) is 14.4. The molecular formula is C38H31N3.